The predicted molar refractivity (Wildman–Crippen MR) is 44.8 cm³/mol. The van der Waals surface area contributed by atoms with Crippen molar-refractivity contribution in [1.82, 2.24) is 5.06 Å². The van der Waals surface area contributed by atoms with E-state index < -0.39 is 23.5 Å². The lowest BCUT2D eigenvalue weighted by Gasteiger charge is -2.02. The zero-order valence-electron chi connectivity index (χ0n) is 7.61. The van der Waals surface area contributed by atoms with Gasteiger partial charge in [-0.3, -0.25) is 19.6 Å². The minimum atomic E-state index is -1.12. The minimum Gasteiger partial charge on any atom is -0.284 e. The number of amides is 2. The standard InChI is InChI=1S/C9H9NO4/c1-2-3-4-7(11)6-5-8(12)10(14)9(6)13/h6,14H,2,5H2,1H3. The van der Waals surface area contributed by atoms with Crippen LogP contribution in [0, 0.1) is 17.8 Å². The van der Waals surface area contributed by atoms with Crippen molar-refractivity contribution in [2.24, 2.45) is 5.92 Å². The van der Waals surface area contributed by atoms with Gasteiger partial charge in [0.1, 0.15) is 5.92 Å². The average Bonchev–Trinajstić information content (AvgIpc) is 2.42. The fourth-order valence-electron chi connectivity index (χ4n) is 1.09. The molecule has 0 aromatic heterocycles. The highest BCUT2D eigenvalue weighted by Gasteiger charge is 2.41. The summed E-state index contributed by atoms with van der Waals surface area (Å²) in [5.41, 5.74) is 0. The number of hydrogen-bond acceptors (Lipinski definition) is 4. The summed E-state index contributed by atoms with van der Waals surface area (Å²) in [7, 11) is 0. The molecule has 1 unspecified atom stereocenters. The molecule has 1 rings (SSSR count). The van der Waals surface area contributed by atoms with Gasteiger partial charge in [0.25, 0.3) is 11.8 Å². The Kier molecular flexibility index (Phi) is 2.99. The molecule has 2 amide bonds. The Morgan fingerprint density at radius 3 is 2.71 bits per heavy atom. The summed E-state index contributed by atoms with van der Waals surface area (Å²) >= 11 is 0. The maximum absolute atomic E-state index is 11.2. The Hall–Kier alpha value is -1.67. The first kappa shape index (κ1) is 10.4. The number of imide groups is 1. The molecule has 1 N–H and O–H groups in total. The van der Waals surface area contributed by atoms with E-state index in [0.29, 0.717) is 6.42 Å². The first-order chi connectivity index (χ1) is 6.57. The second-order valence-corrected chi connectivity index (χ2v) is 2.82. The summed E-state index contributed by atoms with van der Waals surface area (Å²) in [5, 5.41) is 8.83. The third-order valence-corrected chi connectivity index (χ3v) is 1.83. The molecule has 1 atom stereocenters. The van der Waals surface area contributed by atoms with Crippen LogP contribution in [0.15, 0.2) is 0 Å². The summed E-state index contributed by atoms with van der Waals surface area (Å²) in [4.78, 5) is 33.1. The van der Waals surface area contributed by atoms with E-state index in [1.54, 1.807) is 6.92 Å². The first-order valence-corrected chi connectivity index (χ1v) is 4.16. The summed E-state index contributed by atoms with van der Waals surface area (Å²) in [6, 6.07) is 0. The summed E-state index contributed by atoms with van der Waals surface area (Å²) < 4.78 is 0. The van der Waals surface area contributed by atoms with Crippen LogP contribution in [-0.4, -0.2) is 27.9 Å². The lowest BCUT2D eigenvalue weighted by Crippen LogP contribution is -2.28. The van der Waals surface area contributed by atoms with E-state index in [1.165, 1.54) is 0 Å². The van der Waals surface area contributed by atoms with E-state index in [9.17, 15) is 14.4 Å². The molecule has 14 heavy (non-hydrogen) atoms. The molecule has 5 nitrogen and oxygen atoms in total. The molecular weight excluding hydrogens is 186 g/mol. The largest absolute Gasteiger partial charge is 0.284 e. The maximum Gasteiger partial charge on any atom is 0.265 e. The van der Waals surface area contributed by atoms with Crippen LogP contribution in [0.4, 0.5) is 0 Å². The van der Waals surface area contributed by atoms with Gasteiger partial charge in [-0.1, -0.05) is 12.8 Å². The van der Waals surface area contributed by atoms with Crippen LogP contribution >= 0.6 is 0 Å². The molecule has 1 aliphatic heterocycles. The fraction of sp³-hybridized carbons (Fsp3) is 0.444. The summed E-state index contributed by atoms with van der Waals surface area (Å²) in [5.74, 6) is 1.39. The Morgan fingerprint density at radius 1 is 1.64 bits per heavy atom. The summed E-state index contributed by atoms with van der Waals surface area (Å²) in [6.07, 6.45) is 0.218. The molecule has 0 saturated carbocycles. The molecular formula is C9H9NO4. The number of nitrogens with zero attached hydrogens (tertiary/aromatic N) is 1. The van der Waals surface area contributed by atoms with Gasteiger partial charge in [0, 0.05) is 12.8 Å². The quantitative estimate of drug-likeness (QED) is 0.205. The number of carbonyl (C=O) groups is 3. The van der Waals surface area contributed by atoms with Crippen LogP contribution in [0.25, 0.3) is 0 Å². The monoisotopic (exact) mass is 195 g/mol. The smallest absolute Gasteiger partial charge is 0.265 e. The van der Waals surface area contributed by atoms with Crippen molar-refractivity contribution in [2.45, 2.75) is 19.8 Å². The van der Waals surface area contributed by atoms with Crippen LogP contribution in [0.1, 0.15) is 19.8 Å². The van der Waals surface area contributed by atoms with Crippen molar-refractivity contribution < 1.29 is 19.6 Å². The lowest BCUT2D eigenvalue weighted by atomic mass is 10.0. The van der Waals surface area contributed by atoms with Crippen molar-refractivity contribution >= 4 is 17.6 Å². The van der Waals surface area contributed by atoms with Gasteiger partial charge in [-0.25, -0.2) is 0 Å². The highest BCUT2D eigenvalue weighted by molar-refractivity contribution is 6.17. The second-order valence-electron chi connectivity index (χ2n) is 2.82. The minimum absolute atomic E-state index is 0.0177. The van der Waals surface area contributed by atoms with Crippen molar-refractivity contribution in [3.8, 4) is 11.8 Å². The van der Waals surface area contributed by atoms with Crippen LogP contribution in [0.3, 0.4) is 0 Å². The van der Waals surface area contributed by atoms with Gasteiger partial charge in [-0.15, -0.1) is 0 Å². The second kappa shape index (κ2) is 4.03. The predicted octanol–water partition coefficient (Wildman–Crippen LogP) is -0.267. The third-order valence-electron chi connectivity index (χ3n) is 1.83. The first-order valence-electron chi connectivity index (χ1n) is 4.16. The van der Waals surface area contributed by atoms with Crippen LogP contribution < -0.4 is 0 Å². The van der Waals surface area contributed by atoms with Gasteiger partial charge in [-0.2, -0.15) is 5.06 Å². The Balaban J connectivity index is 2.77. The van der Waals surface area contributed by atoms with E-state index in [4.69, 9.17) is 5.21 Å². The zero-order valence-corrected chi connectivity index (χ0v) is 7.61. The average molecular weight is 195 g/mol. The van der Waals surface area contributed by atoms with E-state index >= 15 is 0 Å². The molecule has 0 bridgehead atoms. The maximum atomic E-state index is 11.2. The molecule has 1 fully saturated rings. The number of Topliss-reactive ketones (excluding diaryl/α,β-unsaturated/α-hetero) is 1. The van der Waals surface area contributed by atoms with Crippen LogP contribution in [0.2, 0.25) is 0 Å². The molecule has 0 aliphatic carbocycles. The highest BCUT2D eigenvalue weighted by Crippen LogP contribution is 2.18. The highest BCUT2D eigenvalue weighted by atomic mass is 16.5. The van der Waals surface area contributed by atoms with Crippen molar-refractivity contribution in [3.05, 3.63) is 0 Å². The number of carbonyl (C=O) groups excluding carboxylic acids is 3. The van der Waals surface area contributed by atoms with Crippen molar-refractivity contribution in [3.63, 3.8) is 0 Å². The molecule has 74 valence electrons. The molecule has 0 spiro atoms. The van der Waals surface area contributed by atoms with Gasteiger partial charge >= 0.3 is 0 Å². The van der Waals surface area contributed by atoms with Gasteiger partial charge in [0.05, 0.1) is 0 Å². The molecule has 0 aromatic carbocycles. The molecule has 1 saturated heterocycles. The zero-order chi connectivity index (χ0) is 10.7. The molecule has 0 radical (unpaired) electrons. The van der Waals surface area contributed by atoms with Crippen molar-refractivity contribution in [2.75, 3.05) is 0 Å². The van der Waals surface area contributed by atoms with Gasteiger partial charge in [0.2, 0.25) is 5.78 Å². The number of ketones is 1. The summed E-state index contributed by atoms with van der Waals surface area (Å²) in [6.45, 7) is 1.76. The van der Waals surface area contributed by atoms with E-state index in [-0.39, 0.29) is 11.5 Å². The Labute approximate surface area is 80.6 Å². The van der Waals surface area contributed by atoms with Gasteiger partial charge < -0.3 is 0 Å². The number of hydrogen-bond donors (Lipinski definition) is 1. The van der Waals surface area contributed by atoms with E-state index in [2.05, 4.69) is 11.8 Å². The van der Waals surface area contributed by atoms with E-state index in [1.807, 2.05) is 0 Å². The van der Waals surface area contributed by atoms with Gasteiger partial charge in [-0.05, 0) is 5.92 Å². The fourth-order valence-corrected chi connectivity index (χ4v) is 1.09. The van der Waals surface area contributed by atoms with Crippen LogP contribution in [0.5, 0.6) is 0 Å². The SMILES string of the molecule is CCC#CC(=O)C1CC(=O)N(O)C1=O. The number of rotatable bonds is 1. The third kappa shape index (κ3) is 1.80. The molecule has 1 aliphatic rings. The number of hydroxylamine groups is 2. The molecule has 0 aromatic rings. The van der Waals surface area contributed by atoms with Gasteiger partial charge in [0.15, 0.2) is 0 Å². The van der Waals surface area contributed by atoms with Crippen molar-refractivity contribution in [1.29, 1.82) is 0 Å². The Morgan fingerprint density at radius 2 is 2.29 bits per heavy atom. The molecule has 5 heteroatoms. The topological polar surface area (TPSA) is 74.7 Å². The van der Waals surface area contributed by atoms with Crippen LogP contribution in [-0.2, 0) is 14.4 Å². The van der Waals surface area contributed by atoms with E-state index in [0.717, 1.165) is 0 Å². The normalized spacial score (nSPS) is 20.7. The lowest BCUT2D eigenvalue weighted by molar-refractivity contribution is -0.172. The Bertz CT molecular complexity index is 350. The molecule has 1 heterocycles.